The minimum atomic E-state index is -4.64. The van der Waals surface area contributed by atoms with Crippen molar-refractivity contribution >= 4 is 40.0 Å². The van der Waals surface area contributed by atoms with E-state index >= 15 is 0 Å². The van der Waals surface area contributed by atoms with Gasteiger partial charge in [0.2, 0.25) is 5.91 Å². The fraction of sp³-hybridized carbons (Fsp3) is 0.333. The van der Waals surface area contributed by atoms with Gasteiger partial charge in [-0.2, -0.15) is 13.2 Å². The molecule has 1 aliphatic rings. The van der Waals surface area contributed by atoms with Crippen LogP contribution in [0.3, 0.4) is 0 Å². The number of thiophene rings is 1. The predicted molar refractivity (Wildman–Crippen MR) is 129 cm³/mol. The van der Waals surface area contributed by atoms with Crippen molar-refractivity contribution in [2.24, 2.45) is 0 Å². The monoisotopic (exact) mass is 521 g/mol. The third-order valence-corrected chi connectivity index (χ3v) is 7.59. The van der Waals surface area contributed by atoms with Crippen LogP contribution in [0.2, 0.25) is 0 Å². The first-order valence-electron chi connectivity index (χ1n) is 10.9. The summed E-state index contributed by atoms with van der Waals surface area (Å²) >= 11 is 2.06. The van der Waals surface area contributed by atoms with Crippen molar-refractivity contribution in [1.29, 1.82) is 0 Å². The second-order valence-electron chi connectivity index (χ2n) is 7.88. The van der Waals surface area contributed by atoms with Crippen molar-refractivity contribution in [3.8, 4) is 11.3 Å². The van der Waals surface area contributed by atoms with Gasteiger partial charge < -0.3 is 10.1 Å². The summed E-state index contributed by atoms with van der Waals surface area (Å²) in [6, 6.07) is 7.23. The van der Waals surface area contributed by atoms with Crippen molar-refractivity contribution < 1.29 is 27.5 Å². The highest BCUT2D eigenvalue weighted by atomic mass is 32.2. The Kier molecular flexibility index (Phi) is 7.18. The Labute approximate surface area is 208 Å². The first-order valence-corrected chi connectivity index (χ1v) is 12.7. The maximum absolute atomic E-state index is 13.8. The first-order chi connectivity index (χ1) is 16.6. The Hall–Kier alpha value is -2.92. The molecule has 1 aromatic carbocycles. The molecular formula is C24H22F3N3O3S2. The van der Waals surface area contributed by atoms with Gasteiger partial charge in [0.25, 0.3) is 0 Å². The van der Waals surface area contributed by atoms with Gasteiger partial charge in [-0.3, -0.25) is 4.79 Å². The highest BCUT2D eigenvalue weighted by molar-refractivity contribution is 7.99. The number of rotatable bonds is 6. The van der Waals surface area contributed by atoms with Gasteiger partial charge in [0.05, 0.1) is 23.6 Å². The third kappa shape index (κ3) is 5.20. The molecule has 0 saturated heterocycles. The molecule has 0 aliphatic heterocycles. The van der Waals surface area contributed by atoms with E-state index in [9.17, 15) is 22.8 Å². The summed E-state index contributed by atoms with van der Waals surface area (Å²) in [5.41, 5.74) is 1.94. The van der Waals surface area contributed by atoms with Gasteiger partial charge in [0, 0.05) is 16.0 Å². The van der Waals surface area contributed by atoms with Gasteiger partial charge in [0.1, 0.15) is 5.00 Å². The highest BCUT2D eigenvalue weighted by Crippen LogP contribution is 2.40. The fourth-order valence-corrected chi connectivity index (χ4v) is 5.62. The van der Waals surface area contributed by atoms with Crippen LogP contribution in [0.15, 0.2) is 29.4 Å². The number of nitrogens with zero attached hydrogens (tertiary/aromatic N) is 2. The molecule has 0 spiro atoms. The molecule has 3 aromatic rings. The van der Waals surface area contributed by atoms with Gasteiger partial charge in [-0.05, 0) is 44.7 Å². The van der Waals surface area contributed by atoms with E-state index in [2.05, 4.69) is 15.3 Å². The zero-order valence-electron chi connectivity index (χ0n) is 19.2. The molecule has 11 heteroatoms. The van der Waals surface area contributed by atoms with E-state index in [1.165, 1.54) is 11.3 Å². The predicted octanol–water partition coefficient (Wildman–Crippen LogP) is 5.85. The Morgan fingerprint density at radius 3 is 2.63 bits per heavy atom. The fourth-order valence-electron chi connectivity index (χ4n) is 3.91. The summed E-state index contributed by atoms with van der Waals surface area (Å²) in [5.74, 6) is -1.25. The number of carbonyl (C=O) groups is 2. The smallest absolute Gasteiger partial charge is 0.433 e. The second-order valence-corrected chi connectivity index (χ2v) is 10.0. The lowest BCUT2D eigenvalue weighted by atomic mass is 9.88. The van der Waals surface area contributed by atoms with Crippen molar-refractivity contribution in [1.82, 2.24) is 9.97 Å². The lowest BCUT2D eigenvalue weighted by Gasteiger charge is -2.22. The summed E-state index contributed by atoms with van der Waals surface area (Å²) in [5, 5.41) is 2.90. The molecule has 1 amide bonds. The molecule has 0 unspecified atom stereocenters. The SMILES string of the molecule is CCOC(=O)c1c(NC(=O)CSc2nc3c(c(C(F)(F)F)n2)CCc2ccccc2-3)sc(C)c1C. The minimum absolute atomic E-state index is 0.0774. The molecule has 6 nitrogen and oxygen atoms in total. The zero-order valence-corrected chi connectivity index (χ0v) is 20.8. The molecule has 0 radical (unpaired) electrons. The van der Waals surface area contributed by atoms with E-state index in [0.717, 1.165) is 22.2 Å². The Balaban J connectivity index is 1.58. The van der Waals surface area contributed by atoms with E-state index in [0.29, 0.717) is 22.5 Å². The molecule has 0 fully saturated rings. The Bertz CT molecular complexity index is 1310. The summed E-state index contributed by atoms with van der Waals surface area (Å²) in [4.78, 5) is 34.0. The molecule has 0 saturated carbocycles. The number of alkyl halides is 3. The lowest BCUT2D eigenvalue weighted by Crippen LogP contribution is -2.19. The minimum Gasteiger partial charge on any atom is -0.462 e. The van der Waals surface area contributed by atoms with Gasteiger partial charge in [-0.25, -0.2) is 14.8 Å². The van der Waals surface area contributed by atoms with Crippen molar-refractivity contribution in [3.05, 3.63) is 57.1 Å². The number of hydrogen-bond donors (Lipinski definition) is 1. The van der Waals surface area contributed by atoms with Gasteiger partial charge in [0.15, 0.2) is 10.9 Å². The molecule has 1 aliphatic carbocycles. The van der Waals surface area contributed by atoms with Gasteiger partial charge in [-0.1, -0.05) is 36.0 Å². The molecule has 4 rings (SSSR count). The van der Waals surface area contributed by atoms with E-state index in [1.54, 1.807) is 26.0 Å². The maximum atomic E-state index is 13.8. The topological polar surface area (TPSA) is 81.2 Å². The van der Waals surface area contributed by atoms with Crippen molar-refractivity contribution in [3.63, 3.8) is 0 Å². The van der Waals surface area contributed by atoms with Crippen LogP contribution in [0, 0.1) is 13.8 Å². The zero-order chi connectivity index (χ0) is 25.3. The summed E-state index contributed by atoms with van der Waals surface area (Å²) in [7, 11) is 0. The first kappa shape index (κ1) is 25.2. The summed E-state index contributed by atoms with van der Waals surface area (Å²) in [6.07, 6.45) is -3.97. The number of amides is 1. The molecule has 35 heavy (non-hydrogen) atoms. The van der Waals surface area contributed by atoms with Crippen LogP contribution in [0.25, 0.3) is 11.3 Å². The number of nitrogens with one attached hydrogen (secondary N) is 1. The molecular weight excluding hydrogens is 499 g/mol. The van der Waals surface area contributed by atoms with Crippen LogP contribution in [-0.4, -0.2) is 34.2 Å². The number of benzene rings is 1. The Morgan fingerprint density at radius 2 is 1.91 bits per heavy atom. The average molecular weight is 522 g/mol. The third-order valence-electron chi connectivity index (χ3n) is 5.62. The molecule has 2 aromatic heterocycles. The number of halogens is 3. The standard InChI is InChI=1S/C24H22F3N3O3S2/c1-4-33-22(32)18-12(2)13(3)35-21(18)28-17(31)11-34-23-29-19-15-8-6-5-7-14(15)9-10-16(19)20(30-23)24(25,26)27/h5-8H,4,9-11H2,1-3H3,(H,28,31). The van der Waals surface area contributed by atoms with E-state index < -0.39 is 23.7 Å². The van der Waals surface area contributed by atoms with Gasteiger partial charge >= 0.3 is 12.1 Å². The van der Waals surface area contributed by atoms with E-state index in [1.807, 2.05) is 19.1 Å². The summed E-state index contributed by atoms with van der Waals surface area (Å²) in [6.45, 7) is 5.47. The number of fused-ring (bicyclic) bond motifs is 3. The molecule has 184 valence electrons. The average Bonchev–Trinajstić information content (AvgIpc) is 3.09. The number of aryl methyl sites for hydroxylation is 2. The number of esters is 1. The van der Waals surface area contributed by atoms with E-state index in [-0.39, 0.29) is 40.8 Å². The Morgan fingerprint density at radius 1 is 1.17 bits per heavy atom. The summed E-state index contributed by atoms with van der Waals surface area (Å²) < 4.78 is 46.5. The normalized spacial score (nSPS) is 12.6. The number of hydrogen-bond acceptors (Lipinski definition) is 7. The highest BCUT2D eigenvalue weighted by Gasteiger charge is 2.39. The number of carbonyl (C=O) groups excluding carboxylic acids is 2. The quantitative estimate of drug-likeness (QED) is 0.249. The number of ether oxygens (including phenoxy) is 1. The second kappa shape index (κ2) is 9.98. The molecule has 2 heterocycles. The van der Waals surface area contributed by atoms with Crippen molar-refractivity contribution in [2.45, 2.75) is 44.9 Å². The molecule has 0 bridgehead atoms. The maximum Gasteiger partial charge on any atom is 0.433 e. The van der Waals surface area contributed by atoms with Crippen LogP contribution in [0.5, 0.6) is 0 Å². The lowest BCUT2D eigenvalue weighted by molar-refractivity contribution is -0.142. The molecule has 1 N–H and O–H groups in total. The van der Waals surface area contributed by atoms with Crippen molar-refractivity contribution in [2.75, 3.05) is 17.7 Å². The van der Waals surface area contributed by atoms with Gasteiger partial charge in [-0.15, -0.1) is 11.3 Å². The number of thioether (sulfide) groups is 1. The molecule has 0 atom stereocenters. The number of aromatic nitrogens is 2. The van der Waals surface area contributed by atoms with Crippen LogP contribution in [0.4, 0.5) is 18.2 Å². The van der Waals surface area contributed by atoms with Crippen LogP contribution in [0.1, 0.15) is 44.5 Å². The van der Waals surface area contributed by atoms with Crippen LogP contribution in [-0.2, 0) is 28.5 Å². The van der Waals surface area contributed by atoms with Crippen LogP contribution < -0.4 is 5.32 Å². The van der Waals surface area contributed by atoms with Crippen LogP contribution >= 0.6 is 23.1 Å². The largest absolute Gasteiger partial charge is 0.462 e. The number of anilines is 1. The van der Waals surface area contributed by atoms with E-state index in [4.69, 9.17) is 4.74 Å².